The Balaban J connectivity index is 1.23. The zero-order chi connectivity index (χ0) is 24.1. The van der Waals surface area contributed by atoms with Crippen LogP contribution in [0.25, 0.3) is 11.4 Å². The van der Waals surface area contributed by atoms with E-state index in [1.807, 2.05) is 0 Å². The van der Waals surface area contributed by atoms with E-state index in [1.165, 1.54) is 19.2 Å². The van der Waals surface area contributed by atoms with E-state index < -0.39 is 23.9 Å². The summed E-state index contributed by atoms with van der Waals surface area (Å²) in [5.74, 6) is 1.70. The summed E-state index contributed by atoms with van der Waals surface area (Å²) >= 11 is 0. The summed E-state index contributed by atoms with van der Waals surface area (Å²) in [4.78, 5) is 31.8. The van der Waals surface area contributed by atoms with E-state index in [1.54, 1.807) is 36.4 Å². The SMILES string of the molecule is COc1cc(OC)cc(N2C(=O)[C@@H]3N=NN(Cc4nc(-c5ccc6c(c5)OCO6)no4)[C@H]3C2=O)c1. The Bertz CT molecular complexity index is 1350. The van der Waals surface area contributed by atoms with Crippen molar-refractivity contribution in [1.29, 1.82) is 0 Å². The minimum Gasteiger partial charge on any atom is -0.497 e. The van der Waals surface area contributed by atoms with Gasteiger partial charge in [0.2, 0.25) is 18.5 Å². The Labute approximate surface area is 197 Å². The van der Waals surface area contributed by atoms with Gasteiger partial charge in [-0.15, -0.1) is 0 Å². The summed E-state index contributed by atoms with van der Waals surface area (Å²) in [5, 5.41) is 13.4. The average molecular weight is 478 g/mol. The van der Waals surface area contributed by atoms with Gasteiger partial charge in [-0.3, -0.25) is 14.6 Å². The van der Waals surface area contributed by atoms with Crippen LogP contribution in [0.2, 0.25) is 0 Å². The van der Waals surface area contributed by atoms with Gasteiger partial charge < -0.3 is 23.5 Å². The van der Waals surface area contributed by atoms with Crippen LogP contribution in [0.4, 0.5) is 5.69 Å². The van der Waals surface area contributed by atoms with Gasteiger partial charge in [0.1, 0.15) is 18.0 Å². The number of hydrogen-bond donors (Lipinski definition) is 0. The number of amides is 2. The van der Waals surface area contributed by atoms with E-state index in [0.29, 0.717) is 40.1 Å². The molecule has 3 aromatic rings. The minimum absolute atomic E-state index is 0.00346. The van der Waals surface area contributed by atoms with Crippen LogP contribution in [0.15, 0.2) is 51.3 Å². The molecule has 3 aliphatic rings. The molecule has 13 nitrogen and oxygen atoms in total. The topological polar surface area (TPSA) is 141 Å². The smallest absolute Gasteiger partial charge is 0.263 e. The largest absolute Gasteiger partial charge is 0.497 e. The quantitative estimate of drug-likeness (QED) is 0.483. The lowest BCUT2D eigenvalue weighted by molar-refractivity contribution is -0.123. The molecular weight excluding hydrogens is 460 g/mol. The molecule has 0 spiro atoms. The van der Waals surface area contributed by atoms with Gasteiger partial charge in [0.15, 0.2) is 23.6 Å². The average Bonchev–Trinajstić information content (AvgIpc) is 3.65. The van der Waals surface area contributed by atoms with Crippen LogP contribution in [0, 0.1) is 0 Å². The molecular formula is C22H18N6O7. The molecule has 0 unspecified atom stereocenters. The molecule has 2 amide bonds. The number of fused-ring (bicyclic) bond motifs is 2. The monoisotopic (exact) mass is 478 g/mol. The van der Waals surface area contributed by atoms with E-state index >= 15 is 0 Å². The molecule has 3 aliphatic heterocycles. The van der Waals surface area contributed by atoms with E-state index in [4.69, 9.17) is 23.5 Å². The van der Waals surface area contributed by atoms with Gasteiger partial charge in [0, 0.05) is 23.8 Å². The first kappa shape index (κ1) is 20.9. The molecule has 2 atom stereocenters. The number of carbonyl (C=O) groups is 2. The highest BCUT2D eigenvalue weighted by atomic mass is 16.7. The molecule has 1 saturated heterocycles. The summed E-state index contributed by atoms with van der Waals surface area (Å²) in [6, 6.07) is 8.20. The van der Waals surface area contributed by atoms with E-state index in [2.05, 4.69) is 20.5 Å². The number of imide groups is 1. The Morgan fingerprint density at radius 3 is 2.54 bits per heavy atom. The number of benzene rings is 2. The lowest BCUT2D eigenvalue weighted by atomic mass is 10.1. The van der Waals surface area contributed by atoms with E-state index in [9.17, 15) is 9.59 Å². The van der Waals surface area contributed by atoms with Gasteiger partial charge >= 0.3 is 0 Å². The second kappa shape index (κ2) is 7.97. The molecule has 0 bridgehead atoms. The van der Waals surface area contributed by atoms with Crippen molar-refractivity contribution < 1.29 is 33.1 Å². The first-order valence-electron chi connectivity index (χ1n) is 10.6. The fourth-order valence-electron chi connectivity index (χ4n) is 4.14. The summed E-state index contributed by atoms with van der Waals surface area (Å²) in [6.07, 6.45) is 0. The van der Waals surface area contributed by atoms with Crippen LogP contribution in [0.5, 0.6) is 23.0 Å². The van der Waals surface area contributed by atoms with Crippen molar-refractivity contribution in [3.8, 4) is 34.4 Å². The first-order valence-corrected chi connectivity index (χ1v) is 10.6. The van der Waals surface area contributed by atoms with Gasteiger partial charge in [0.25, 0.3) is 11.8 Å². The maximum absolute atomic E-state index is 13.3. The summed E-state index contributed by atoms with van der Waals surface area (Å²) in [5.41, 5.74) is 0.999. The number of anilines is 1. The van der Waals surface area contributed by atoms with Crippen molar-refractivity contribution in [3.63, 3.8) is 0 Å². The highest BCUT2D eigenvalue weighted by Crippen LogP contribution is 2.37. The number of nitrogens with zero attached hydrogens (tertiary/aromatic N) is 6. The Morgan fingerprint density at radius 2 is 1.77 bits per heavy atom. The molecule has 0 radical (unpaired) electrons. The molecule has 0 N–H and O–H groups in total. The molecule has 1 fully saturated rings. The predicted octanol–water partition coefficient (Wildman–Crippen LogP) is 1.98. The number of aromatic nitrogens is 2. The summed E-state index contributed by atoms with van der Waals surface area (Å²) in [6.45, 7) is 0.154. The molecule has 35 heavy (non-hydrogen) atoms. The van der Waals surface area contributed by atoms with Crippen LogP contribution < -0.4 is 23.8 Å². The predicted molar refractivity (Wildman–Crippen MR) is 116 cm³/mol. The number of hydrogen-bond acceptors (Lipinski definition) is 12. The van der Waals surface area contributed by atoms with E-state index in [-0.39, 0.29) is 19.2 Å². The highest BCUT2D eigenvalue weighted by Gasteiger charge is 2.55. The molecule has 6 rings (SSSR count). The molecule has 4 heterocycles. The van der Waals surface area contributed by atoms with Crippen molar-refractivity contribution in [2.45, 2.75) is 18.6 Å². The summed E-state index contributed by atoms with van der Waals surface area (Å²) in [7, 11) is 2.97. The Kier molecular flexibility index (Phi) is 4.76. The molecule has 178 valence electrons. The zero-order valence-electron chi connectivity index (χ0n) is 18.6. The fraction of sp³-hybridized carbons (Fsp3) is 0.273. The third-order valence-corrected chi connectivity index (χ3v) is 5.85. The number of rotatable bonds is 6. The van der Waals surface area contributed by atoms with Crippen molar-refractivity contribution in [2.24, 2.45) is 10.3 Å². The van der Waals surface area contributed by atoms with Crippen molar-refractivity contribution in [1.82, 2.24) is 15.1 Å². The molecule has 2 aromatic carbocycles. The zero-order valence-corrected chi connectivity index (χ0v) is 18.6. The third kappa shape index (κ3) is 3.39. The van der Waals surface area contributed by atoms with Gasteiger partial charge in [-0.25, -0.2) is 4.90 Å². The molecule has 1 aromatic heterocycles. The number of methoxy groups -OCH3 is 2. The maximum Gasteiger partial charge on any atom is 0.263 e. The molecule has 0 aliphatic carbocycles. The van der Waals surface area contributed by atoms with Crippen LogP contribution in [0.3, 0.4) is 0 Å². The van der Waals surface area contributed by atoms with Crippen LogP contribution in [-0.4, -0.2) is 60.1 Å². The fourth-order valence-corrected chi connectivity index (χ4v) is 4.14. The van der Waals surface area contributed by atoms with Crippen LogP contribution in [0.1, 0.15) is 5.89 Å². The van der Waals surface area contributed by atoms with Gasteiger partial charge in [-0.1, -0.05) is 10.4 Å². The van der Waals surface area contributed by atoms with Crippen LogP contribution >= 0.6 is 0 Å². The Morgan fingerprint density at radius 1 is 1.00 bits per heavy atom. The molecule has 0 saturated carbocycles. The Hall–Kier alpha value is -4.68. The van der Waals surface area contributed by atoms with Crippen molar-refractivity contribution in [3.05, 3.63) is 42.3 Å². The first-order chi connectivity index (χ1) is 17.1. The molecule has 13 heteroatoms. The second-order valence-electron chi connectivity index (χ2n) is 7.85. The number of ether oxygens (including phenoxy) is 4. The van der Waals surface area contributed by atoms with Gasteiger partial charge in [0.05, 0.1) is 19.9 Å². The van der Waals surface area contributed by atoms with Gasteiger partial charge in [-0.2, -0.15) is 10.1 Å². The lowest BCUT2D eigenvalue weighted by Gasteiger charge is -2.20. The second-order valence-corrected chi connectivity index (χ2v) is 7.85. The maximum atomic E-state index is 13.3. The summed E-state index contributed by atoms with van der Waals surface area (Å²) < 4.78 is 26.6. The van der Waals surface area contributed by atoms with Crippen LogP contribution in [-0.2, 0) is 16.1 Å². The lowest BCUT2D eigenvalue weighted by Crippen LogP contribution is -2.39. The normalized spacial score (nSPS) is 20.1. The minimum atomic E-state index is -0.976. The highest BCUT2D eigenvalue weighted by molar-refractivity contribution is 6.25. The number of carbonyl (C=O) groups excluding carboxylic acids is 2. The van der Waals surface area contributed by atoms with Gasteiger partial charge in [-0.05, 0) is 18.2 Å². The standard InChI is InChI=1S/C22H18N6O7/c1-31-13-6-12(7-14(8-13)32-2)28-21(29)18-19(22(28)30)27(26-24-18)9-17-23-20(25-35-17)11-3-4-15-16(5-11)34-10-33-15/h3-8,18-19H,9-10H2,1-2H3/t18-,19-/m1/s1. The third-order valence-electron chi connectivity index (χ3n) is 5.85. The van der Waals surface area contributed by atoms with Crippen molar-refractivity contribution >= 4 is 17.5 Å². The van der Waals surface area contributed by atoms with E-state index in [0.717, 1.165) is 4.90 Å². The van der Waals surface area contributed by atoms with Crippen molar-refractivity contribution in [2.75, 3.05) is 25.9 Å².